The molecule has 16 heavy (non-hydrogen) atoms. The number of carbonyl (C=O) groups is 1. The molecule has 0 saturated carbocycles. The van der Waals surface area contributed by atoms with Gasteiger partial charge in [-0.25, -0.2) is 0 Å². The summed E-state index contributed by atoms with van der Waals surface area (Å²) in [5, 5.41) is 11.8. The standard InChI is InChI=1S/C10H16N2O4/c1-15-6-7(13)5-12-10(14)9-3-2-8(4-11)16-9/h2-3,7,13H,4-6,11H2,1H3,(H,12,14). The Morgan fingerprint density at radius 2 is 2.44 bits per heavy atom. The molecule has 0 aliphatic rings. The van der Waals surface area contributed by atoms with E-state index in [-0.39, 0.29) is 31.4 Å². The number of carbonyl (C=O) groups excluding carboxylic acids is 1. The van der Waals surface area contributed by atoms with Crippen molar-refractivity contribution in [3.8, 4) is 0 Å². The summed E-state index contributed by atoms with van der Waals surface area (Å²) >= 11 is 0. The van der Waals surface area contributed by atoms with Crippen LogP contribution in [-0.2, 0) is 11.3 Å². The van der Waals surface area contributed by atoms with Crippen molar-refractivity contribution >= 4 is 5.91 Å². The van der Waals surface area contributed by atoms with Crippen LogP contribution >= 0.6 is 0 Å². The predicted molar refractivity (Wildman–Crippen MR) is 56.8 cm³/mol. The maximum atomic E-state index is 11.5. The molecule has 0 aliphatic heterocycles. The molecule has 0 saturated heterocycles. The van der Waals surface area contributed by atoms with E-state index in [1.54, 1.807) is 12.1 Å². The number of amides is 1. The highest BCUT2D eigenvalue weighted by molar-refractivity contribution is 5.91. The highest BCUT2D eigenvalue weighted by Gasteiger charge is 2.12. The summed E-state index contributed by atoms with van der Waals surface area (Å²) in [5.74, 6) is 0.350. The smallest absolute Gasteiger partial charge is 0.287 e. The summed E-state index contributed by atoms with van der Waals surface area (Å²) in [6.07, 6.45) is -0.724. The number of hydrogen-bond acceptors (Lipinski definition) is 5. The lowest BCUT2D eigenvalue weighted by molar-refractivity contribution is 0.0603. The van der Waals surface area contributed by atoms with Crippen LogP contribution in [0.2, 0.25) is 0 Å². The van der Waals surface area contributed by atoms with Gasteiger partial charge in [0, 0.05) is 13.7 Å². The van der Waals surface area contributed by atoms with Gasteiger partial charge in [-0.05, 0) is 12.1 Å². The molecule has 6 heteroatoms. The molecule has 0 bridgehead atoms. The zero-order chi connectivity index (χ0) is 12.0. The SMILES string of the molecule is COCC(O)CNC(=O)c1ccc(CN)o1. The lowest BCUT2D eigenvalue weighted by atomic mass is 10.3. The summed E-state index contributed by atoms with van der Waals surface area (Å²) < 4.78 is 9.86. The van der Waals surface area contributed by atoms with E-state index in [0.717, 1.165) is 0 Å². The second-order valence-electron chi connectivity index (χ2n) is 3.29. The van der Waals surface area contributed by atoms with Crippen molar-refractivity contribution in [2.24, 2.45) is 5.73 Å². The highest BCUT2D eigenvalue weighted by atomic mass is 16.5. The zero-order valence-corrected chi connectivity index (χ0v) is 9.10. The van der Waals surface area contributed by atoms with Gasteiger partial charge < -0.3 is 25.3 Å². The Kier molecular flexibility index (Phi) is 4.97. The molecule has 0 radical (unpaired) electrons. The van der Waals surface area contributed by atoms with Gasteiger partial charge >= 0.3 is 0 Å². The fourth-order valence-electron chi connectivity index (χ4n) is 1.16. The van der Waals surface area contributed by atoms with Crippen molar-refractivity contribution in [2.75, 3.05) is 20.3 Å². The van der Waals surface area contributed by atoms with Crippen LogP contribution in [0.25, 0.3) is 0 Å². The van der Waals surface area contributed by atoms with E-state index >= 15 is 0 Å². The van der Waals surface area contributed by atoms with Gasteiger partial charge in [-0.1, -0.05) is 0 Å². The monoisotopic (exact) mass is 228 g/mol. The third kappa shape index (κ3) is 3.65. The molecule has 4 N–H and O–H groups in total. The molecular formula is C10H16N2O4. The highest BCUT2D eigenvalue weighted by Crippen LogP contribution is 2.06. The van der Waals surface area contributed by atoms with Gasteiger partial charge in [0.05, 0.1) is 19.3 Å². The maximum Gasteiger partial charge on any atom is 0.287 e. The van der Waals surface area contributed by atoms with E-state index in [1.165, 1.54) is 7.11 Å². The van der Waals surface area contributed by atoms with Gasteiger partial charge in [0.15, 0.2) is 5.76 Å². The van der Waals surface area contributed by atoms with Crippen LogP contribution in [0.5, 0.6) is 0 Å². The van der Waals surface area contributed by atoms with Gasteiger partial charge in [0.2, 0.25) is 0 Å². The number of ether oxygens (including phenoxy) is 1. The van der Waals surface area contributed by atoms with Crippen LogP contribution in [-0.4, -0.2) is 37.4 Å². The number of hydrogen-bond donors (Lipinski definition) is 3. The molecule has 1 heterocycles. The van der Waals surface area contributed by atoms with Gasteiger partial charge in [-0.15, -0.1) is 0 Å². The minimum absolute atomic E-state index is 0.116. The number of rotatable bonds is 6. The van der Waals surface area contributed by atoms with Crippen molar-refractivity contribution in [2.45, 2.75) is 12.6 Å². The lowest BCUT2D eigenvalue weighted by Gasteiger charge is -2.09. The molecule has 1 atom stereocenters. The summed E-state index contributed by atoms with van der Waals surface area (Å²) in [5.41, 5.74) is 5.34. The molecule has 1 rings (SSSR count). The van der Waals surface area contributed by atoms with Crippen molar-refractivity contribution in [3.05, 3.63) is 23.7 Å². The predicted octanol–water partition coefficient (Wildman–Crippen LogP) is -0.525. The maximum absolute atomic E-state index is 11.5. The number of furan rings is 1. The average Bonchev–Trinajstić information content (AvgIpc) is 2.75. The largest absolute Gasteiger partial charge is 0.455 e. The second-order valence-corrected chi connectivity index (χ2v) is 3.29. The number of aliphatic hydroxyl groups excluding tert-OH is 1. The normalized spacial score (nSPS) is 12.4. The van der Waals surface area contributed by atoms with Gasteiger partial charge in [0.25, 0.3) is 5.91 Å². The van der Waals surface area contributed by atoms with Crippen LogP contribution in [0.15, 0.2) is 16.5 Å². The fourth-order valence-corrected chi connectivity index (χ4v) is 1.16. The molecular weight excluding hydrogens is 212 g/mol. The van der Waals surface area contributed by atoms with Crippen LogP contribution < -0.4 is 11.1 Å². The number of nitrogens with one attached hydrogen (secondary N) is 1. The Labute approximate surface area is 93.4 Å². The third-order valence-corrected chi connectivity index (χ3v) is 1.94. The molecule has 1 unspecified atom stereocenters. The molecule has 1 amide bonds. The first kappa shape index (κ1) is 12.7. The topological polar surface area (TPSA) is 97.7 Å². The van der Waals surface area contributed by atoms with Crippen LogP contribution in [0.3, 0.4) is 0 Å². The van der Waals surface area contributed by atoms with Gasteiger partial charge in [-0.2, -0.15) is 0 Å². The second kappa shape index (κ2) is 6.26. The summed E-state index contributed by atoms with van der Waals surface area (Å²) in [7, 11) is 1.48. The van der Waals surface area contributed by atoms with Gasteiger partial charge in [-0.3, -0.25) is 4.79 Å². The van der Waals surface area contributed by atoms with Crippen LogP contribution in [0.1, 0.15) is 16.3 Å². The first-order chi connectivity index (χ1) is 7.67. The Bertz CT molecular complexity index is 337. The average molecular weight is 228 g/mol. The van der Waals surface area contributed by atoms with Crippen molar-refractivity contribution in [1.29, 1.82) is 0 Å². The number of aliphatic hydroxyl groups is 1. The molecule has 1 aromatic heterocycles. The summed E-state index contributed by atoms with van der Waals surface area (Å²) in [6, 6.07) is 3.18. The van der Waals surface area contributed by atoms with Crippen molar-refractivity contribution < 1.29 is 19.1 Å². The van der Waals surface area contributed by atoms with Crippen LogP contribution in [0, 0.1) is 0 Å². The molecule has 0 aliphatic carbocycles. The third-order valence-electron chi connectivity index (χ3n) is 1.94. The Balaban J connectivity index is 2.40. The van der Waals surface area contributed by atoms with E-state index in [4.69, 9.17) is 14.9 Å². The van der Waals surface area contributed by atoms with E-state index in [1.807, 2.05) is 0 Å². The summed E-state index contributed by atoms with van der Waals surface area (Å²) in [6.45, 7) is 0.539. The Hall–Kier alpha value is -1.37. The molecule has 1 aromatic rings. The lowest BCUT2D eigenvalue weighted by Crippen LogP contribution is -2.34. The minimum Gasteiger partial charge on any atom is -0.455 e. The quantitative estimate of drug-likeness (QED) is 0.608. The molecule has 0 spiro atoms. The molecule has 0 fully saturated rings. The number of methoxy groups -OCH3 is 1. The number of nitrogens with two attached hydrogens (primary N) is 1. The fraction of sp³-hybridized carbons (Fsp3) is 0.500. The summed E-state index contributed by atoms with van der Waals surface area (Å²) in [4.78, 5) is 11.5. The van der Waals surface area contributed by atoms with E-state index < -0.39 is 6.10 Å². The van der Waals surface area contributed by atoms with E-state index in [9.17, 15) is 9.90 Å². The first-order valence-electron chi connectivity index (χ1n) is 4.91. The first-order valence-corrected chi connectivity index (χ1v) is 4.91. The molecule has 0 aromatic carbocycles. The zero-order valence-electron chi connectivity index (χ0n) is 9.10. The van der Waals surface area contributed by atoms with Crippen LogP contribution in [0.4, 0.5) is 0 Å². The Morgan fingerprint density at radius 3 is 3.00 bits per heavy atom. The van der Waals surface area contributed by atoms with E-state index in [0.29, 0.717) is 5.76 Å². The van der Waals surface area contributed by atoms with Crippen molar-refractivity contribution in [1.82, 2.24) is 5.32 Å². The minimum atomic E-state index is -0.724. The Morgan fingerprint density at radius 1 is 1.69 bits per heavy atom. The molecule has 90 valence electrons. The van der Waals surface area contributed by atoms with E-state index in [2.05, 4.69) is 5.32 Å². The molecule has 6 nitrogen and oxygen atoms in total. The van der Waals surface area contributed by atoms with Crippen molar-refractivity contribution in [3.63, 3.8) is 0 Å². The van der Waals surface area contributed by atoms with Gasteiger partial charge in [0.1, 0.15) is 5.76 Å².